The molecule has 0 radical (unpaired) electrons. The summed E-state index contributed by atoms with van der Waals surface area (Å²) in [6.07, 6.45) is 1.05. The van der Waals surface area contributed by atoms with Crippen LogP contribution in [0.1, 0.15) is 11.1 Å². The quantitative estimate of drug-likeness (QED) is 0.656. The van der Waals surface area contributed by atoms with Crippen molar-refractivity contribution in [2.24, 2.45) is 10.8 Å². The van der Waals surface area contributed by atoms with Crippen molar-refractivity contribution in [1.82, 2.24) is 5.01 Å². The minimum Gasteiger partial charge on any atom is -0.289 e. The summed E-state index contributed by atoms with van der Waals surface area (Å²) in [7, 11) is 0. The molecule has 0 spiro atoms. The van der Waals surface area contributed by atoms with Gasteiger partial charge in [0.15, 0.2) is 11.8 Å². The number of nitrogens with zero attached hydrogens (tertiary/aromatic N) is 4. The van der Waals surface area contributed by atoms with Crippen molar-refractivity contribution in [3.63, 3.8) is 0 Å². The highest BCUT2D eigenvalue weighted by Gasteiger charge is 2.30. The summed E-state index contributed by atoms with van der Waals surface area (Å²) >= 11 is 6.86. The molecule has 0 aliphatic carbocycles. The smallest absolute Gasteiger partial charge is 0.183 e. The first-order valence-electron chi connectivity index (χ1n) is 8.15. The Kier molecular flexibility index (Phi) is 6.08. The third kappa shape index (κ3) is 4.45. The van der Waals surface area contributed by atoms with E-state index in [1.807, 2.05) is 54.6 Å². The van der Waals surface area contributed by atoms with Crippen LogP contribution in [0.5, 0.6) is 0 Å². The highest BCUT2D eigenvalue weighted by Crippen LogP contribution is 2.26. The van der Waals surface area contributed by atoms with E-state index in [-0.39, 0.29) is 5.71 Å². The number of rotatable bonds is 4. The molecule has 0 aromatic heterocycles. The molecule has 0 bridgehead atoms. The highest BCUT2D eigenvalue weighted by atomic mass is 79.9. The third-order valence-electron chi connectivity index (χ3n) is 4.24. The molecule has 2 N–H and O–H groups in total. The molecule has 1 aliphatic rings. The van der Waals surface area contributed by atoms with Crippen LogP contribution in [-0.4, -0.2) is 16.8 Å². The Morgan fingerprint density at radius 1 is 0.926 bits per heavy atom. The van der Waals surface area contributed by atoms with Gasteiger partial charge in [0.1, 0.15) is 6.07 Å². The van der Waals surface area contributed by atoms with E-state index in [0.29, 0.717) is 18.5 Å². The summed E-state index contributed by atoms with van der Waals surface area (Å²) in [6, 6.07) is 19.0. The molecule has 0 saturated heterocycles. The predicted molar refractivity (Wildman–Crippen MR) is 111 cm³/mol. The number of hydrogen-bond donors (Lipinski definition) is 1. The standard InChI is InChI=1S/C20H15Br2N5/c21-15-5-1-13(2-6-15)9-17-19(10-14-3-7-16(22)8-4-14)27(25)20(12-24)18(11-23)26-17/h1-8,20H,9-10,25H2. The van der Waals surface area contributed by atoms with Crippen molar-refractivity contribution >= 4 is 37.6 Å². The van der Waals surface area contributed by atoms with Crippen LogP contribution in [0, 0.1) is 22.7 Å². The van der Waals surface area contributed by atoms with E-state index in [0.717, 1.165) is 25.8 Å². The van der Waals surface area contributed by atoms with E-state index in [9.17, 15) is 10.5 Å². The van der Waals surface area contributed by atoms with Crippen molar-refractivity contribution in [3.8, 4) is 12.1 Å². The molecule has 1 aliphatic heterocycles. The Morgan fingerprint density at radius 3 is 1.93 bits per heavy atom. The Bertz CT molecular complexity index is 979. The maximum absolute atomic E-state index is 9.45. The fourth-order valence-corrected chi connectivity index (χ4v) is 3.37. The average Bonchev–Trinajstić information content (AvgIpc) is 2.67. The summed E-state index contributed by atoms with van der Waals surface area (Å²) in [4.78, 5) is 4.49. The van der Waals surface area contributed by atoms with Crippen LogP contribution >= 0.6 is 31.9 Å². The first-order valence-corrected chi connectivity index (χ1v) is 9.73. The lowest BCUT2D eigenvalue weighted by Crippen LogP contribution is -2.47. The van der Waals surface area contributed by atoms with Crippen molar-refractivity contribution in [3.05, 3.63) is 80.0 Å². The number of allylic oxidation sites excluding steroid dienone is 2. The largest absolute Gasteiger partial charge is 0.289 e. The van der Waals surface area contributed by atoms with Gasteiger partial charge in [-0.3, -0.25) is 5.01 Å². The second kappa shape index (κ2) is 8.49. The molecule has 1 unspecified atom stereocenters. The van der Waals surface area contributed by atoms with Crippen molar-refractivity contribution in [2.75, 3.05) is 0 Å². The zero-order chi connectivity index (χ0) is 19.4. The molecule has 7 heteroatoms. The van der Waals surface area contributed by atoms with E-state index < -0.39 is 6.04 Å². The van der Waals surface area contributed by atoms with Gasteiger partial charge in [0.25, 0.3) is 0 Å². The SMILES string of the molecule is N#CC1=NC(Cc2ccc(Br)cc2)=C(Cc2ccc(Br)cc2)N(N)C1C#N. The van der Waals surface area contributed by atoms with Crippen LogP contribution < -0.4 is 5.84 Å². The maximum Gasteiger partial charge on any atom is 0.183 e. The highest BCUT2D eigenvalue weighted by molar-refractivity contribution is 9.10. The second-order valence-electron chi connectivity index (χ2n) is 6.05. The number of halogens is 2. The average molecular weight is 485 g/mol. The molecule has 0 amide bonds. The zero-order valence-corrected chi connectivity index (χ0v) is 17.4. The van der Waals surface area contributed by atoms with Crippen LogP contribution in [0.3, 0.4) is 0 Å². The molecule has 3 rings (SSSR count). The fraction of sp³-hybridized carbons (Fsp3) is 0.150. The van der Waals surface area contributed by atoms with Gasteiger partial charge in [-0.25, -0.2) is 10.8 Å². The maximum atomic E-state index is 9.45. The molecule has 5 nitrogen and oxygen atoms in total. The molecule has 0 fully saturated rings. The monoisotopic (exact) mass is 483 g/mol. The lowest BCUT2D eigenvalue weighted by molar-refractivity contribution is 0.342. The van der Waals surface area contributed by atoms with Crippen LogP contribution in [-0.2, 0) is 12.8 Å². The Balaban J connectivity index is 2.03. The van der Waals surface area contributed by atoms with Crippen LogP contribution in [0.2, 0.25) is 0 Å². The van der Waals surface area contributed by atoms with Gasteiger partial charge in [-0.2, -0.15) is 10.5 Å². The van der Waals surface area contributed by atoms with E-state index in [2.05, 4.69) is 42.9 Å². The van der Waals surface area contributed by atoms with E-state index in [1.54, 1.807) is 0 Å². The number of benzene rings is 2. The Labute approximate surface area is 174 Å². The molecule has 2 aromatic carbocycles. The summed E-state index contributed by atoms with van der Waals surface area (Å²) in [5.41, 5.74) is 3.65. The van der Waals surface area contributed by atoms with Gasteiger partial charge in [0.05, 0.1) is 17.5 Å². The lowest BCUT2D eigenvalue weighted by atomic mass is 10.00. The lowest BCUT2D eigenvalue weighted by Gasteiger charge is -2.31. The molecule has 1 atom stereocenters. The normalized spacial score (nSPS) is 16.6. The topological polar surface area (TPSA) is 89.2 Å². The summed E-state index contributed by atoms with van der Waals surface area (Å²) < 4.78 is 1.98. The van der Waals surface area contributed by atoms with Crippen LogP contribution in [0.15, 0.2) is 73.9 Å². The molecule has 1 heterocycles. The predicted octanol–water partition coefficient (Wildman–Crippen LogP) is 4.25. The molecule has 2 aromatic rings. The first kappa shape index (κ1) is 19.3. The minimum atomic E-state index is -0.880. The Hall–Kier alpha value is -2.45. The van der Waals surface area contributed by atoms with Crippen molar-refractivity contribution in [1.29, 1.82) is 10.5 Å². The van der Waals surface area contributed by atoms with Gasteiger partial charge in [0, 0.05) is 21.8 Å². The molecule has 0 saturated carbocycles. The number of hydrogen-bond acceptors (Lipinski definition) is 5. The van der Waals surface area contributed by atoms with Gasteiger partial charge in [-0.1, -0.05) is 56.1 Å². The van der Waals surface area contributed by atoms with Gasteiger partial charge >= 0.3 is 0 Å². The van der Waals surface area contributed by atoms with Gasteiger partial charge < -0.3 is 0 Å². The molecule has 134 valence electrons. The van der Waals surface area contributed by atoms with Gasteiger partial charge in [-0.05, 0) is 35.4 Å². The third-order valence-corrected chi connectivity index (χ3v) is 5.30. The minimum absolute atomic E-state index is 0.117. The number of nitrogens with two attached hydrogens (primary N) is 1. The first-order chi connectivity index (χ1) is 13.0. The number of hydrazine groups is 1. The van der Waals surface area contributed by atoms with E-state index in [1.165, 1.54) is 5.01 Å². The molecule has 27 heavy (non-hydrogen) atoms. The van der Waals surface area contributed by atoms with Crippen LogP contribution in [0.4, 0.5) is 0 Å². The summed E-state index contributed by atoms with van der Waals surface area (Å²) in [6.45, 7) is 0. The number of aliphatic imine (C=N–C) groups is 1. The van der Waals surface area contributed by atoms with Crippen molar-refractivity contribution in [2.45, 2.75) is 18.9 Å². The van der Waals surface area contributed by atoms with E-state index >= 15 is 0 Å². The number of nitriles is 2. The molecular formula is C20H15Br2N5. The molecular weight excluding hydrogens is 470 g/mol. The zero-order valence-electron chi connectivity index (χ0n) is 14.2. The van der Waals surface area contributed by atoms with Gasteiger partial charge in [-0.15, -0.1) is 0 Å². The Morgan fingerprint density at radius 2 is 1.44 bits per heavy atom. The van der Waals surface area contributed by atoms with Gasteiger partial charge in [0.2, 0.25) is 0 Å². The van der Waals surface area contributed by atoms with Crippen LogP contribution in [0.25, 0.3) is 0 Å². The van der Waals surface area contributed by atoms with Crippen molar-refractivity contribution < 1.29 is 0 Å². The summed E-state index contributed by atoms with van der Waals surface area (Å²) in [5.74, 6) is 6.25. The van der Waals surface area contributed by atoms with E-state index in [4.69, 9.17) is 5.84 Å². The fourth-order valence-electron chi connectivity index (χ4n) is 2.84. The second-order valence-corrected chi connectivity index (χ2v) is 7.88. The summed E-state index contributed by atoms with van der Waals surface area (Å²) in [5, 5.41) is 20.2.